The molecular weight excluding hydrogens is 469 g/mol. The number of nitro groups is 1. The van der Waals surface area contributed by atoms with Crippen LogP contribution in [0, 0.1) is 16.0 Å². The molecule has 4 rings (SSSR count). The van der Waals surface area contributed by atoms with Gasteiger partial charge in [0.2, 0.25) is 11.8 Å². The van der Waals surface area contributed by atoms with Gasteiger partial charge in [-0.1, -0.05) is 18.2 Å². The van der Waals surface area contributed by atoms with Crippen molar-refractivity contribution < 1.29 is 27.6 Å². The molecule has 0 amide bonds. The van der Waals surface area contributed by atoms with Gasteiger partial charge >= 0.3 is 12.0 Å². The van der Waals surface area contributed by atoms with Crippen molar-refractivity contribution >= 4 is 23.2 Å². The predicted octanol–water partition coefficient (Wildman–Crippen LogP) is 3.75. The van der Waals surface area contributed by atoms with Gasteiger partial charge in [0.25, 0.3) is 0 Å². The highest BCUT2D eigenvalue weighted by atomic mass is 19.4. The van der Waals surface area contributed by atoms with Crippen LogP contribution in [-0.4, -0.2) is 57.6 Å². The number of likely N-dealkylation sites (tertiary alicyclic amines) is 1. The minimum atomic E-state index is -4.83. The van der Waals surface area contributed by atoms with Gasteiger partial charge in [-0.25, -0.2) is 4.98 Å². The smallest absolute Gasteiger partial charge is 0.405 e. The van der Waals surface area contributed by atoms with Crippen molar-refractivity contribution in [2.24, 2.45) is 5.92 Å². The zero-order valence-electron chi connectivity index (χ0n) is 18.8. The molecule has 2 N–H and O–H groups in total. The summed E-state index contributed by atoms with van der Waals surface area (Å²) in [6.07, 6.45) is 0.0382. The van der Waals surface area contributed by atoms with Gasteiger partial charge in [0.1, 0.15) is 11.9 Å². The molecule has 10 nitrogen and oxygen atoms in total. The topological polar surface area (TPSA) is 123 Å². The van der Waals surface area contributed by atoms with E-state index in [0.717, 1.165) is 31.9 Å². The molecule has 0 radical (unpaired) electrons. The summed E-state index contributed by atoms with van der Waals surface area (Å²) >= 11 is 0. The summed E-state index contributed by atoms with van der Waals surface area (Å²) < 4.78 is 42.0. The molecule has 0 spiro atoms. The standard InChI is InChI=1S/C22H25F3N6O4/c23-22(24,25)35-19-4-2-1-3-15(19)10-27-21-28-11-18(31(33)34)20(29-21)26-9-14-5-7-16(8-6-14)30-12-17(32)13-30/h1-4,11,14,16H,5-10,12-13H2,(H2,26,27,28,29)/t14-,16-. The lowest BCUT2D eigenvalue weighted by atomic mass is 9.84. The van der Waals surface area contributed by atoms with Crippen LogP contribution in [0.3, 0.4) is 0 Å². The Bertz CT molecular complexity index is 1070. The molecule has 2 aliphatic rings. The lowest BCUT2D eigenvalue weighted by Crippen LogP contribution is -2.53. The van der Waals surface area contributed by atoms with Crippen molar-refractivity contribution in [2.45, 2.75) is 44.6 Å². The fourth-order valence-corrected chi connectivity index (χ4v) is 4.39. The minimum Gasteiger partial charge on any atom is -0.405 e. The molecule has 13 heteroatoms. The number of rotatable bonds is 9. The van der Waals surface area contributed by atoms with Gasteiger partial charge in [-0.3, -0.25) is 19.8 Å². The summed E-state index contributed by atoms with van der Waals surface area (Å²) in [7, 11) is 0. The Hall–Kier alpha value is -3.48. The number of hydrogen-bond acceptors (Lipinski definition) is 9. The number of aromatic nitrogens is 2. The van der Waals surface area contributed by atoms with Gasteiger partial charge in [0.15, 0.2) is 5.78 Å². The summed E-state index contributed by atoms with van der Waals surface area (Å²) in [4.78, 5) is 32.4. The summed E-state index contributed by atoms with van der Waals surface area (Å²) in [5, 5.41) is 17.3. The second-order valence-corrected chi connectivity index (χ2v) is 8.69. The molecule has 2 fully saturated rings. The van der Waals surface area contributed by atoms with Gasteiger partial charge in [0.05, 0.1) is 18.0 Å². The molecular formula is C22H25F3N6O4. The molecule has 0 bridgehead atoms. The van der Waals surface area contributed by atoms with E-state index >= 15 is 0 Å². The van der Waals surface area contributed by atoms with Gasteiger partial charge in [0, 0.05) is 24.7 Å². The van der Waals surface area contributed by atoms with E-state index in [1.165, 1.54) is 18.2 Å². The average Bonchev–Trinajstić information content (AvgIpc) is 2.79. The molecule has 1 saturated carbocycles. The first kappa shape index (κ1) is 24.6. The molecule has 188 valence electrons. The number of benzene rings is 1. The van der Waals surface area contributed by atoms with Crippen LogP contribution in [0.2, 0.25) is 0 Å². The molecule has 1 aromatic heterocycles. The first-order valence-corrected chi connectivity index (χ1v) is 11.3. The SMILES string of the molecule is O=C1CN([C@H]2CC[C@H](CNc3nc(NCc4ccccc4OC(F)(F)F)ncc3[N+](=O)[O-])CC2)C1. The third-order valence-electron chi connectivity index (χ3n) is 6.25. The van der Waals surface area contributed by atoms with Gasteiger partial charge in [-0.2, -0.15) is 4.98 Å². The quantitative estimate of drug-likeness (QED) is 0.396. The Labute approximate surface area is 199 Å². The van der Waals surface area contributed by atoms with Crippen LogP contribution in [0.15, 0.2) is 30.5 Å². The van der Waals surface area contributed by atoms with Crippen LogP contribution < -0.4 is 15.4 Å². The Morgan fingerprint density at radius 1 is 1.14 bits per heavy atom. The Morgan fingerprint density at radius 2 is 1.86 bits per heavy atom. The van der Waals surface area contributed by atoms with E-state index < -0.39 is 11.3 Å². The van der Waals surface area contributed by atoms with Crippen LogP contribution in [-0.2, 0) is 11.3 Å². The number of carbonyl (C=O) groups excluding carboxylic acids is 1. The highest BCUT2D eigenvalue weighted by Crippen LogP contribution is 2.31. The zero-order valence-corrected chi connectivity index (χ0v) is 18.8. The van der Waals surface area contributed by atoms with Crippen LogP contribution in [0.25, 0.3) is 0 Å². The van der Waals surface area contributed by atoms with Crippen molar-refractivity contribution in [3.63, 3.8) is 0 Å². The second-order valence-electron chi connectivity index (χ2n) is 8.69. The maximum atomic E-state index is 12.6. The molecule has 1 saturated heterocycles. The maximum Gasteiger partial charge on any atom is 0.573 e. The fourth-order valence-electron chi connectivity index (χ4n) is 4.39. The van der Waals surface area contributed by atoms with Gasteiger partial charge in [-0.15, -0.1) is 13.2 Å². The number of carbonyl (C=O) groups is 1. The number of nitrogens with zero attached hydrogens (tertiary/aromatic N) is 4. The van der Waals surface area contributed by atoms with Gasteiger partial charge in [-0.05, 0) is 37.7 Å². The number of alkyl halides is 3. The minimum absolute atomic E-state index is 0.0334. The Balaban J connectivity index is 1.36. The van der Waals surface area contributed by atoms with Crippen molar-refractivity contribution in [3.05, 3.63) is 46.1 Å². The highest BCUT2D eigenvalue weighted by molar-refractivity contribution is 5.87. The molecule has 35 heavy (non-hydrogen) atoms. The third-order valence-corrected chi connectivity index (χ3v) is 6.25. The van der Waals surface area contributed by atoms with Crippen molar-refractivity contribution in [1.82, 2.24) is 14.9 Å². The fraction of sp³-hybridized carbons (Fsp3) is 0.500. The second kappa shape index (κ2) is 10.4. The summed E-state index contributed by atoms with van der Waals surface area (Å²) in [5.41, 5.74) is -0.0638. The van der Waals surface area contributed by atoms with E-state index in [4.69, 9.17) is 0 Å². The highest BCUT2D eigenvalue weighted by Gasteiger charge is 2.33. The van der Waals surface area contributed by atoms with Crippen molar-refractivity contribution in [1.29, 1.82) is 0 Å². The first-order chi connectivity index (χ1) is 16.7. The van der Waals surface area contributed by atoms with Crippen LogP contribution in [0.1, 0.15) is 31.2 Å². The predicted molar refractivity (Wildman–Crippen MR) is 120 cm³/mol. The summed E-state index contributed by atoms with van der Waals surface area (Å²) in [5.74, 6) is 0.297. The number of ether oxygens (including phenoxy) is 1. The number of para-hydroxylation sites is 1. The molecule has 1 aromatic carbocycles. The van der Waals surface area contributed by atoms with E-state index in [-0.39, 0.29) is 41.1 Å². The monoisotopic (exact) mass is 494 g/mol. The van der Waals surface area contributed by atoms with E-state index in [9.17, 15) is 28.1 Å². The Morgan fingerprint density at radius 3 is 2.51 bits per heavy atom. The number of anilines is 2. The van der Waals surface area contributed by atoms with E-state index in [1.54, 1.807) is 6.07 Å². The van der Waals surface area contributed by atoms with Crippen LogP contribution in [0.5, 0.6) is 5.75 Å². The maximum absolute atomic E-state index is 12.6. The Kier molecular flexibility index (Phi) is 7.34. The molecule has 0 unspecified atom stereocenters. The van der Waals surface area contributed by atoms with Gasteiger partial charge < -0.3 is 15.4 Å². The summed E-state index contributed by atoms with van der Waals surface area (Å²) in [6, 6.07) is 6.06. The van der Waals surface area contributed by atoms with E-state index in [0.29, 0.717) is 31.6 Å². The van der Waals surface area contributed by atoms with E-state index in [2.05, 4.69) is 30.2 Å². The normalized spacial score (nSPS) is 20.7. The molecule has 2 aromatic rings. The number of ketones is 1. The van der Waals surface area contributed by atoms with Crippen LogP contribution >= 0.6 is 0 Å². The summed E-state index contributed by atoms with van der Waals surface area (Å²) in [6.45, 7) is 1.48. The number of hydrogen-bond donors (Lipinski definition) is 2. The number of halogens is 3. The van der Waals surface area contributed by atoms with Crippen molar-refractivity contribution in [3.8, 4) is 5.75 Å². The zero-order chi connectivity index (χ0) is 25.0. The van der Waals surface area contributed by atoms with E-state index in [1.807, 2.05) is 0 Å². The molecule has 0 atom stereocenters. The average molecular weight is 494 g/mol. The largest absolute Gasteiger partial charge is 0.573 e. The molecule has 1 aliphatic carbocycles. The third kappa shape index (κ3) is 6.56. The number of nitrogens with one attached hydrogen (secondary N) is 2. The van der Waals surface area contributed by atoms with Crippen molar-refractivity contribution in [2.75, 3.05) is 30.3 Å². The lowest BCUT2D eigenvalue weighted by molar-refractivity contribution is -0.384. The number of Topliss-reactive ketones (excluding diaryl/α,β-unsaturated/α-hetero) is 1. The molecule has 1 aliphatic heterocycles. The van der Waals surface area contributed by atoms with Crippen LogP contribution in [0.4, 0.5) is 30.6 Å². The molecule has 2 heterocycles. The first-order valence-electron chi connectivity index (χ1n) is 11.3. The lowest BCUT2D eigenvalue weighted by Gasteiger charge is -2.40.